The molecule has 0 heterocycles. The molecular weight excluding hydrogens is 144 g/mol. The van der Waals surface area contributed by atoms with Crippen molar-refractivity contribution in [3.63, 3.8) is 0 Å². The molecule has 0 spiro atoms. The lowest BCUT2D eigenvalue weighted by molar-refractivity contribution is 0.677. The van der Waals surface area contributed by atoms with Crippen molar-refractivity contribution in [1.29, 1.82) is 0 Å². The van der Waals surface area contributed by atoms with Crippen molar-refractivity contribution in [2.24, 2.45) is 5.84 Å². The Hall–Kier alpha value is 0.01000. The lowest BCUT2D eigenvalue weighted by atomic mass is 10.4. The van der Waals surface area contributed by atoms with Crippen molar-refractivity contribution < 1.29 is 0 Å². The van der Waals surface area contributed by atoms with Gasteiger partial charge in [-0.3, -0.25) is 11.3 Å². The summed E-state index contributed by atoms with van der Waals surface area (Å²) in [5, 5.41) is 0.663. The highest BCUT2D eigenvalue weighted by atomic mass is 32.2. The molecule has 0 aliphatic carbocycles. The minimum Gasteiger partial charge on any atom is -0.271 e. The molecule has 2 nitrogen and oxygen atoms in total. The molecule has 1 unspecified atom stereocenters. The maximum Gasteiger partial charge on any atom is 0.0478 e. The Labute approximate surface area is 67.2 Å². The van der Waals surface area contributed by atoms with Crippen LogP contribution in [-0.2, 0) is 0 Å². The Bertz CT molecular complexity index is 93.6. The van der Waals surface area contributed by atoms with Gasteiger partial charge in [-0.1, -0.05) is 19.9 Å². The van der Waals surface area contributed by atoms with Crippen LogP contribution in [0.15, 0.2) is 12.7 Å². The number of nitrogens with one attached hydrogen (secondary N) is 1. The molecule has 0 aromatic heterocycles. The molecule has 0 saturated heterocycles. The minimum absolute atomic E-state index is 0.243. The zero-order valence-electron chi connectivity index (χ0n) is 6.63. The summed E-state index contributed by atoms with van der Waals surface area (Å²) in [6.45, 7) is 7.99. The fourth-order valence-electron chi connectivity index (χ4n) is 0.480. The SMILES string of the molecule is C=CC(CSC(C)C)NN. The van der Waals surface area contributed by atoms with Gasteiger partial charge < -0.3 is 0 Å². The van der Waals surface area contributed by atoms with Gasteiger partial charge in [0.2, 0.25) is 0 Å². The molecule has 3 N–H and O–H groups in total. The molecule has 0 aromatic rings. The first-order chi connectivity index (χ1) is 4.70. The predicted octanol–water partition coefficient (Wildman–Crippen LogP) is 1.15. The smallest absolute Gasteiger partial charge is 0.0478 e. The second-order valence-corrected chi connectivity index (χ2v) is 4.00. The number of hydrogen-bond donors (Lipinski definition) is 2. The summed E-state index contributed by atoms with van der Waals surface area (Å²) in [6, 6.07) is 0.243. The minimum atomic E-state index is 0.243. The van der Waals surface area contributed by atoms with Gasteiger partial charge in [0, 0.05) is 11.8 Å². The third-order valence-electron chi connectivity index (χ3n) is 1.11. The van der Waals surface area contributed by atoms with E-state index in [0.717, 1.165) is 5.75 Å². The van der Waals surface area contributed by atoms with E-state index in [-0.39, 0.29) is 6.04 Å². The van der Waals surface area contributed by atoms with E-state index in [2.05, 4.69) is 25.9 Å². The Morgan fingerprint density at radius 2 is 2.30 bits per heavy atom. The van der Waals surface area contributed by atoms with Crippen LogP contribution in [0.5, 0.6) is 0 Å². The number of hydrazine groups is 1. The zero-order valence-corrected chi connectivity index (χ0v) is 7.45. The summed E-state index contributed by atoms with van der Waals surface area (Å²) in [5.74, 6) is 6.23. The van der Waals surface area contributed by atoms with E-state index < -0.39 is 0 Å². The van der Waals surface area contributed by atoms with Crippen molar-refractivity contribution >= 4 is 11.8 Å². The molecule has 0 aliphatic rings. The fourth-order valence-corrected chi connectivity index (χ4v) is 1.30. The van der Waals surface area contributed by atoms with E-state index in [1.165, 1.54) is 0 Å². The maximum atomic E-state index is 5.23. The van der Waals surface area contributed by atoms with E-state index in [0.29, 0.717) is 5.25 Å². The first kappa shape index (κ1) is 10.0. The lowest BCUT2D eigenvalue weighted by Crippen LogP contribution is -2.35. The molecule has 0 aliphatic heterocycles. The monoisotopic (exact) mass is 160 g/mol. The van der Waals surface area contributed by atoms with Crippen LogP contribution in [-0.4, -0.2) is 17.0 Å². The standard InChI is InChI=1S/C7H16N2S/c1-4-7(9-8)5-10-6(2)3/h4,6-7,9H,1,5,8H2,2-3H3. The molecule has 1 atom stereocenters. The summed E-state index contributed by atoms with van der Waals surface area (Å²) in [6.07, 6.45) is 1.83. The summed E-state index contributed by atoms with van der Waals surface area (Å²) in [4.78, 5) is 0. The third kappa shape index (κ3) is 4.85. The Balaban J connectivity index is 3.34. The number of hydrogen-bond acceptors (Lipinski definition) is 3. The molecule has 0 radical (unpaired) electrons. The molecule has 0 rings (SSSR count). The van der Waals surface area contributed by atoms with Crippen molar-refractivity contribution in [2.45, 2.75) is 25.1 Å². The van der Waals surface area contributed by atoms with Gasteiger partial charge in [-0.05, 0) is 5.25 Å². The van der Waals surface area contributed by atoms with Gasteiger partial charge >= 0.3 is 0 Å². The molecule has 0 saturated carbocycles. The zero-order chi connectivity index (χ0) is 7.98. The quantitative estimate of drug-likeness (QED) is 0.360. The van der Waals surface area contributed by atoms with Gasteiger partial charge in [-0.25, -0.2) is 0 Å². The molecule has 0 fully saturated rings. The van der Waals surface area contributed by atoms with Gasteiger partial charge in [-0.15, -0.1) is 6.58 Å². The second-order valence-electron chi connectivity index (χ2n) is 2.39. The number of rotatable bonds is 5. The fraction of sp³-hybridized carbons (Fsp3) is 0.714. The van der Waals surface area contributed by atoms with Crippen LogP contribution < -0.4 is 11.3 Å². The Morgan fingerprint density at radius 1 is 1.70 bits per heavy atom. The van der Waals surface area contributed by atoms with E-state index in [9.17, 15) is 0 Å². The Kier molecular flexibility index (Phi) is 5.78. The largest absolute Gasteiger partial charge is 0.271 e. The van der Waals surface area contributed by atoms with Gasteiger partial charge in [-0.2, -0.15) is 11.8 Å². The highest BCUT2D eigenvalue weighted by Gasteiger charge is 2.01. The van der Waals surface area contributed by atoms with Crippen LogP contribution in [0.3, 0.4) is 0 Å². The van der Waals surface area contributed by atoms with E-state index >= 15 is 0 Å². The van der Waals surface area contributed by atoms with Crippen LogP contribution in [0.2, 0.25) is 0 Å². The maximum absolute atomic E-state index is 5.23. The topological polar surface area (TPSA) is 38.0 Å². The number of thioether (sulfide) groups is 1. The van der Waals surface area contributed by atoms with Gasteiger partial charge in [0.05, 0.1) is 0 Å². The second kappa shape index (κ2) is 5.77. The van der Waals surface area contributed by atoms with Crippen molar-refractivity contribution in [1.82, 2.24) is 5.43 Å². The van der Waals surface area contributed by atoms with Crippen molar-refractivity contribution in [3.05, 3.63) is 12.7 Å². The van der Waals surface area contributed by atoms with Crippen LogP contribution in [0, 0.1) is 0 Å². The lowest BCUT2D eigenvalue weighted by Gasteiger charge is -2.11. The third-order valence-corrected chi connectivity index (χ3v) is 2.33. The summed E-state index contributed by atoms with van der Waals surface area (Å²) in [7, 11) is 0. The molecule has 60 valence electrons. The molecule has 10 heavy (non-hydrogen) atoms. The molecule has 0 aromatic carbocycles. The highest BCUT2D eigenvalue weighted by molar-refractivity contribution is 7.99. The first-order valence-corrected chi connectivity index (χ1v) is 4.46. The molecule has 0 amide bonds. The van der Waals surface area contributed by atoms with E-state index in [1.54, 1.807) is 0 Å². The van der Waals surface area contributed by atoms with Gasteiger partial charge in [0.15, 0.2) is 0 Å². The van der Waals surface area contributed by atoms with Crippen molar-refractivity contribution in [3.8, 4) is 0 Å². The first-order valence-electron chi connectivity index (χ1n) is 3.41. The summed E-state index contributed by atoms with van der Waals surface area (Å²) >= 11 is 1.87. The summed E-state index contributed by atoms with van der Waals surface area (Å²) in [5.41, 5.74) is 2.67. The average Bonchev–Trinajstić information content (AvgIpc) is 1.90. The van der Waals surface area contributed by atoms with Crippen LogP contribution >= 0.6 is 11.8 Å². The van der Waals surface area contributed by atoms with E-state index in [1.807, 2.05) is 17.8 Å². The molecule has 0 bridgehead atoms. The normalized spacial score (nSPS) is 13.6. The molecule has 3 heteroatoms. The van der Waals surface area contributed by atoms with Gasteiger partial charge in [0.25, 0.3) is 0 Å². The number of nitrogens with two attached hydrogens (primary N) is 1. The van der Waals surface area contributed by atoms with Gasteiger partial charge in [0.1, 0.15) is 0 Å². The predicted molar refractivity (Wildman–Crippen MR) is 48.9 cm³/mol. The highest BCUT2D eigenvalue weighted by Crippen LogP contribution is 2.10. The van der Waals surface area contributed by atoms with Crippen LogP contribution in [0.1, 0.15) is 13.8 Å². The Morgan fingerprint density at radius 3 is 2.60 bits per heavy atom. The van der Waals surface area contributed by atoms with Crippen molar-refractivity contribution in [2.75, 3.05) is 5.75 Å². The van der Waals surface area contributed by atoms with Crippen LogP contribution in [0.4, 0.5) is 0 Å². The summed E-state index contributed by atoms with van der Waals surface area (Å²) < 4.78 is 0. The average molecular weight is 160 g/mol. The van der Waals surface area contributed by atoms with E-state index in [4.69, 9.17) is 5.84 Å². The molecular formula is C7H16N2S. The van der Waals surface area contributed by atoms with Crippen LogP contribution in [0.25, 0.3) is 0 Å².